The van der Waals surface area contributed by atoms with Crippen molar-refractivity contribution in [1.29, 1.82) is 0 Å². The predicted molar refractivity (Wildman–Crippen MR) is 351 cm³/mol. The molecule has 2 unspecified atom stereocenters. The van der Waals surface area contributed by atoms with E-state index in [1.54, 1.807) is 0 Å². The molecule has 0 bridgehead atoms. The number of benzene rings is 7. The lowest BCUT2D eigenvalue weighted by Gasteiger charge is -2.51. The van der Waals surface area contributed by atoms with Crippen molar-refractivity contribution >= 4 is 68.6 Å². The highest BCUT2D eigenvalue weighted by Crippen LogP contribution is 2.63. The Kier molecular flexibility index (Phi) is 11.4. The molecule has 1 saturated carbocycles. The Bertz CT molecular complexity index is 3790. The van der Waals surface area contributed by atoms with Gasteiger partial charge in [-0.05, 0) is 198 Å². The Morgan fingerprint density at radius 3 is 1.48 bits per heavy atom. The van der Waals surface area contributed by atoms with Crippen LogP contribution in [-0.2, 0) is 43.3 Å². The molecule has 3 aliphatic heterocycles. The molecular weight excluding hydrogens is 978 g/mol. The maximum atomic E-state index is 2.88. The van der Waals surface area contributed by atoms with Gasteiger partial charge in [0.15, 0.2) is 0 Å². The quantitative estimate of drug-likeness (QED) is 0.163. The van der Waals surface area contributed by atoms with Gasteiger partial charge in [-0.15, -0.1) is 0 Å². The molecular formula is C77H92BN3. The first-order valence-corrected chi connectivity index (χ1v) is 31.1. The summed E-state index contributed by atoms with van der Waals surface area (Å²) in [4.78, 5) is 8.44. The molecule has 2 atom stereocenters. The van der Waals surface area contributed by atoms with E-state index in [2.05, 4.69) is 275 Å². The summed E-state index contributed by atoms with van der Waals surface area (Å²) in [6, 6.07) is 50.0. The van der Waals surface area contributed by atoms with E-state index >= 15 is 0 Å². The minimum absolute atomic E-state index is 0.00725. The van der Waals surface area contributed by atoms with E-state index in [0.717, 1.165) is 19.3 Å². The molecule has 1 fully saturated rings. The first-order valence-electron chi connectivity index (χ1n) is 31.1. The summed E-state index contributed by atoms with van der Waals surface area (Å²) in [5.41, 5.74) is 29.8. The van der Waals surface area contributed by atoms with Crippen molar-refractivity contribution in [2.45, 2.75) is 226 Å². The molecule has 0 saturated heterocycles. The van der Waals surface area contributed by atoms with Gasteiger partial charge in [0.25, 0.3) is 6.71 Å². The fourth-order valence-corrected chi connectivity index (χ4v) is 17.6. The summed E-state index contributed by atoms with van der Waals surface area (Å²) in [7, 11) is 0. The Morgan fingerprint density at radius 1 is 0.407 bits per heavy atom. The summed E-state index contributed by atoms with van der Waals surface area (Å²) >= 11 is 0. The molecule has 13 rings (SSSR count). The number of nitrogens with zero attached hydrogens (tertiary/aromatic N) is 3. The third kappa shape index (κ3) is 7.86. The molecule has 418 valence electrons. The molecule has 0 aromatic heterocycles. The number of aryl methyl sites for hydroxylation is 1. The SMILES string of the molecule is Cc1cc2c(cc1N1c3cc(C(C)(C)C)ccc3B3c4cc5c(cc4N(c4ccc(C(C)(C)C)cc4-c4ccccc4)c4cc(N6c7ccc(C(C)(C)C)cc7C7(C)CCCCC67C)cc1c43)C(C)(C)CC5(C)C)C(C)(C)CC2(C)C. The summed E-state index contributed by atoms with van der Waals surface area (Å²) < 4.78 is 0. The molecule has 3 heterocycles. The number of hydrogen-bond donors (Lipinski definition) is 0. The van der Waals surface area contributed by atoms with Crippen LogP contribution in [0.4, 0.5) is 45.5 Å². The van der Waals surface area contributed by atoms with Crippen LogP contribution in [0.2, 0.25) is 0 Å². The zero-order valence-corrected chi connectivity index (χ0v) is 53.2. The van der Waals surface area contributed by atoms with Crippen LogP contribution in [0.5, 0.6) is 0 Å². The summed E-state index contributed by atoms with van der Waals surface area (Å²) in [5, 5.41) is 0. The zero-order chi connectivity index (χ0) is 57.9. The zero-order valence-electron chi connectivity index (χ0n) is 53.2. The minimum atomic E-state index is -0.169. The van der Waals surface area contributed by atoms with Gasteiger partial charge in [-0.25, -0.2) is 0 Å². The standard InChI is InChI=1S/C77H92BN3/c1-47-36-54-56(74(15,16)45-72(54,11)12)43-63(47)80-64-39-51(71(8,9)10)28-31-59(64)78-60-42-55-57(75(17,18)46-73(55,13)14)44-65(60)79(61-32-29-49(69(2,3)4)37-53(61)48-26-22-21-23-27-48)66-40-52(41-67(80)68(66)78)81-62-33-30-50(70(5,6)7)38-58(62)76(19)34-24-25-35-77(76,81)20/h21-23,26-33,36-44H,24-25,34-35,45-46H2,1-20H3. The fourth-order valence-electron chi connectivity index (χ4n) is 17.6. The molecule has 6 aliphatic rings. The van der Waals surface area contributed by atoms with Gasteiger partial charge in [0.2, 0.25) is 0 Å². The van der Waals surface area contributed by atoms with Crippen LogP contribution >= 0.6 is 0 Å². The van der Waals surface area contributed by atoms with Crippen LogP contribution in [0.3, 0.4) is 0 Å². The van der Waals surface area contributed by atoms with Crippen molar-refractivity contribution in [2.24, 2.45) is 0 Å². The first kappa shape index (κ1) is 54.3. The van der Waals surface area contributed by atoms with Crippen LogP contribution in [0.25, 0.3) is 11.1 Å². The topological polar surface area (TPSA) is 9.72 Å². The maximum Gasteiger partial charge on any atom is 0.252 e. The second kappa shape index (κ2) is 17.1. The van der Waals surface area contributed by atoms with Crippen molar-refractivity contribution in [3.63, 3.8) is 0 Å². The predicted octanol–water partition coefficient (Wildman–Crippen LogP) is 19.3. The van der Waals surface area contributed by atoms with E-state index in [9.17, 15) is 0 Å². The molecule has 7 aromatic carbocycles. The van der Waals surface area contributed by atoms with Crippen molar-refractivity contribution in [2.75, 3.05) is 14.7 Å². The molecule has 3 nitrogen and oxygen atoms in total. The highest BCUT2D eigenvalue weighted by molar-refractivity contribution is 7.00. The third-order valence-electron chi connectivity index (χ3n) is 21.7. The minimum Gasteiger partial charge on any atom is -0.334 e. The van der Waals surface area contributed by atoms with Gasteiger partial charge in [-0.1, -0.05) is 210 Å². The Hall–Kier alpha value is -6.00. The van der Waals surface area contributed by atoms with Gasteiger partial charge in [0.05, 0.1) is 11.2 Å². The second-order valence-electron chi connectivity index (χ2n) is 32.5. The van der Waals surface area contributed by atoms with Crippen molar-refractivity contribution < 1.29 is 0 Å². The molecule has 0 N–H and O–H groups in total. The van der Waals surface area contributed by atoms with E-state index in [-0.39, 0.29) is 55.6 Å². The van der Waals surface area contributed by atoms with Gasteiger partial charge in [0, 0.05) is 50.8 Å². The third-order valence-corrected chi connectivity index (χ3v) is 21.7. The molecule has 0 radical (unpaired) electrons. The average molecular weight is 1070 g/mol. The number of rotatable bonds is 4. The van der Waals surface area contributed by atoms with Crippen LogP contribution in [0.1, 0.15) is 220 Å². The van der Waals surface area contributed by atoms with Crippen LogP contribution < -0.4 is 31.1 Å². The lowest BCUT2D eigenvalue weighted by Crippen LogP contribution is -2.62. The van der Waals surface area contributed by atoms with Gasteiger partial charge in [-0.3, -0.25) is 0 Å². The van der Waals surface area contributed by atoms with E-state index in [1.807, 2.05) is 0 Å². The molecule has 7 aromatic rings. The monoisotopic (exact) mass is 1070 g/mol. The highest BCUT2D eigenvalue weighted by Gasteiger charge is 2.59. The van der Waals surface area contributed by atoms with E-state index in [4.69, 9.17) is 0 Å². The fraction of sp³-hybridized carbons (Fsp3) is 0.455. The Balaban J connectivity index is 1.21. The Labute approximate surface area is 489 Å². The van der Waals surface area contributed by atoms with Crippen LogP contribution in [-0.4, -0.2) is 12.3 Å². The lowest BCUT2D eigenvalue weighted by molar-refractivity contribution is 0.195. The first-order chi connectivity index (χ1) is 37.7. The van der Waals surface area contributed by atoms with Crippen molar-refractivity contribution in [1.82, 2.24) is 0 Å². The molecule has 4 heteroatoms. The van der Waals surface area contributed by atoms with Gasteiger partial charge in [0.1, 0.15) is 0 Å². The highest BCUT2D eigenvalue weighted by atomic mass is 15.3. The molecule has 0 amide bonds. The van der Waals surface area contributed by atoms with Gasteiger partial charge >= 0.3 is 0 Å². The lowest BCUT2D eigenvalue weighted by atomic mass is 9.33. The Morgan fingerprint density at radius 2 is 0.889 bits per heavy atom. The molecule has 81 heavy (non-hydrogen) atoms. The smallest absolute Gasteiger partial charge is 0.252 e. The van der Waals surface area contributed by atoms with Crippen LogP contribution in [0.15, 0.2) is 121 Å². The summed E-state index contributed by atoms with van der Waals surface area (Å²) in [6.45, 7) is 49.0. The van der Waals surface area contributed by atoms with Crippen molar-refractivity contribution in [3.8, 4) is 11.1 Å². The summed E-state index contributed by atoms with van der Waals surface area (Å²) in [6.07, 6.45) is 7.00. The molecule has 3 aliphatic carbocycles. The average Bonchev–Trinajstić information content (AvgIpc) is 2.02. The van der Waals surface area contributed by atoms with E-state index < -0.39 is 0 Å². The largest absolute Gasteiger partial charge is 0.334 e. The van der Waals surface area contributed by atoms with E-state index in [0.29, 0.717) is 0 Å². The number of anilines is 8. The maximum absolute atomic E-state index is 2.88. The number of fused-ring (bicyclic) bond motifs is 9. The van der Waals surface area contributed by atoms with Gasteiger partial charge in [-0.2, -0.15) is 0 Å². The normalized spacial score (nSPS) is 22.4. The van der Waals surface area contributed by atoms with Crippen molar-refractivity contribution in [3.05, 3.63) is 171 Å². The summed E-state index contributed by atoms with van der Waals surface area (Å²) in [5.74, 6) is 0. The van der Waals surface area contributed by atoms with Crippen LogP contribution in [0, 0.1) is 6.92 Å². The number of hydrogen-bond acceptors (Lipinski definition) is 3. The van der Waals surface area contributed by atoms with E-state index in [1.165, 1.54) is 142 Å². The second-order valence-corrected chi connectivity index (χ2v) is 32.5. The van der Waals surface area contributed by atoms with Gasteiger partial charge < -0.3 is 14.7 Å². The molecule has 0 spiro atoms.